The van der Waals surface area contributed by atoms with Gasteiger partial charge in [-0.15, -0.1) is 0 Å². The van der Waals surface area contributed by atoms with Crippen molar-refractivity contribution in [3.63, 3.8) is 0 Å². The number of hydrogen-bond acceptors (Lipinski definition) is 2. The summed E-state index contributed by atoms with van der Waals surface area (Å²) in [5, 5.41) is 3.50. The van der Waals surface area contributed by atoms with Crippen LogP contribution in [0.4, 0.5) is 0 Å². The van der Waals surface area contributed by atoms with Crippen LogP contribution in [0.15, 0.2) is 0 Å². The molecule has 1 N–H and O–H groups in total. The van der Waals surface area contributed by atoms with E-state index in [4.69, 9.17) is 0 Å². The van der Waals surface area contributed by atoms with Crippen LogP contribution in [0.25, 0.3) is 0 Å². The summed E-state index contributed by atoms with van der Waals surface area (Å²) in [4.78, 5) is 0. The molecule has 0 aromatic carbocycles. The molecule has 2 rings (SSSR count). The van der Waals surface area contributed by atoms with E-state index in [9.17, 15) is 0 Å². The summed E-state index contributed by atoms with van der Waals surface area (Å²) < 4.78 is 0. The number of thioether (sulfide) groups is 1. The molecule has 2 saturated heterocycles. The molecule has 1 atom stereocenters. The maximum atomic E-state index is 3.50. The summed E-state index contributed by atoms with van der Waals surface area (Å²) in [7, 11) is 0. The lowest BCUT2D eigenvalue weighted by atomic mass is 9.89. The first-order chi connectivity index (χ1) is 4.31. The fraction of sp³-hybridized carbons (Fsp3) is 1.00. The van der Waals surface area contributed by atoms with Crippen molar-refractivity contribution in [2.24, 2.45) is 5.41 Å². The van der Waals surface area contributed by atoms with Crippen molar-refractivity contribution in [2.75, 3.05) is 18.1 Å². The Bertz CT molecular complexity index is 120. The van der Waals surface area contributed by atoms with Gasteiger partial charge in [0.15, 0.2) is 0 Å². The predicted octanol–water partition coefficient (Wildman–Crippen LogP) is 1.10. The van der Waals surface area contributed by atoms with Crippen molar-refractivity contribution in [1.29, 1.82) is 0 Å². The molecule has 0 bridgehead atoms. The molecular weight excluding hydrogens is 130 g/mol. The Balaban J connectivity index is 1.99. The van der Waals surface area contributed by atoms with Gasteiger partial charge in [-0.25, -0.2) is 0 Å². The summed E-state index contributed by atoms with van der Waals surface area (Å²) in [5.41, 5.74) is 0.740. The molecule has 0 radical (unpaired) electrons. The average Bonchev–Trinajstić information content (AvgIpc) is 2.09. The lowest BCUT2D eigenvalue weighted by Gasteiger charge is -2.36. The van der Waals surface area contributed by atoms with E-state index in [1.807, 2.05) is 0 Å². The first-order valence-corrected chi connectivity index (χ1v) is 4.77. The van der Waals surface area contributed by atoms with Gasteiger partial charge < -0.3 is 5.32 Å². The monoisotopic (exact) mass is 143 g/mol. The van der Waals surface area contributed by atoms with Gasteiger partial charge in [0, 0.05) is 29.5 Å². The van der Waals surface area contributed by atoms with Gasteiger partial charge in [0.25, 0.3) is 0 Å². The van der Waals surface area contributed by atoms with Gasteiger partial charge in [-0.05, 0) is 13.3 Å². The van der Waals surface area contributed by atoms with E-state index < -0.39 is 0 Å². The minimum Gasteiger partial charge on any atom is -0.314 e. The normalized spacial score (nSPS) is 39.0. The lowest BCUT2D eigenvalue weighted by molar-refractivity contribution is 0.399. The Hall–Kier alpha value is 0.310. The predicted molar refractivity (Wildman–Crippen MR) is 41.8 cm³/mol. The second kappa shape index (κ2) is 1.89. The fourth-order valence-corrected chi connectivity index (χ4v) is 3.02. The van der Waals surface area contributed by atoms with E-state index in [-0.39, 0.29) is 0 Å². The van der Waals surface area contributed by atoms with Crippen LogP contribution in [0.1, 0.15) is 13.3 Å². The number of rotatable bonds is 0. The van der Waals surface area contributed by atoms with Crippen LogP contribution >= 0.6 is 11.8 Å². The average molecular weight is 143 g/mol. The summed E-state index contributed by atoms with van der Waals surface area (Å²) in [6.07, 6.45) is 1.42. The first kappa shape index (κ1) is 6.05. The van der Waals surface area contributed by atoms with Crippen LogP contribution in [0.3, 0.4) is 0 Å². The van der Waals surface area contributed by atoms with E-state index in [1.54, 1.807) is 0 Å². The van der Waals surface area contributed by atoms with Crippen molar-refractivity contribution in [2.45, 2.75) is 19.4 Å². The van der Waals surface area contributed by atoms with Gasteiger partial charge >= 0.3 is 0 Å². The minimum atomic E-state index is 0.740. The van der Waals surface area contributed by atoms with Gasteiger partial charge in [0.05, 0.1) is 0 Å². The molecule has 2 heteroatoms. The van der Waals surface area contributed by atoms with Gasteiger partial charge in [0.1, 0.15) is 0 Å². The molecule has 0 aromatic rings. The van der Waals surface area contributed by atoms with Gasteiger partial charge in [-0.2, -0.15) is 11.8 Å². The Morgan fingerprint density at radius 2 is 2.33 bits per heavy atom. The first-order valence-electron chi connectivity index (χ1n) is 3.62. The number of hydrogen-bond donors (Lipinski definition) is 1. The van der Waals surface area contributed by atoms with Crippen molar-refractivity contribution < 1.29 is 0 Å². The van der Waals surface area contributed by atoms with Crippen LogP contribution in [0, 0.1) is 5.41 Å². The molecule has 0 amide bonds. The highest BCUT2D eigenvalue weighted by atomic mass is 32.2. The van der Waals surface area contributed by atoms with Crippen LogP contribution in [-0.2, 0) is 0 Å². The Labute approximate surface area is 60.6 Å². The lowest BCUT2D eigenvalue weighted by Crippen LogP contribution is -2.37. The third-order valence-electron chi connectivity index (χ3n) is 2.38. The summed E-state index contributed by atoms with van der Waals surface area (Å²) >= 11 is 2.10. The molecule has 2 aliphatic heterocycles. The molecule has 1 unspecified atom stereocenters. The summed E-state index contributed by atoms with van der Waals surface area (Å²) in [5.74, 6) is 2.81. The molecule has 1 nitrogen and oxygen atoms in total. The molecule has 52 valence electrons. The molecule has 9 heavy (non-hydrogen) atoms. The molecule has 1 spiro atoms. The van der Waals surface area contributed by atoms with Crippen molar-refractivity contribution >= 4 is 11.8 Å². The topological polar surface area (TPSA) is 12.0 Å². The molecule has 0 saturated carbocycles. The quantitative estimate of drug-likeness (QED) is 0.545. The molecule has 0 aromatic heterocycles. The molecule has 0 aliphatic carbocycles. The fourth-order valence-electron chi connectivity index (χ4n) is 1.80. The van der Waals surface area contributed by atoms with Gasteiger partial charge in [-0.1, -0.05) is 0 Å². The highest BCUT2D eigenvalue weighted by Crippen LogP contribution is 2.43. The Kier molecular flexibility index (Phi) is 1.27. The van der Waals surface area contributed by atoms with Crippen molar-refractivity contribution in [3.05, 3.63) is 0 Å². The Morgan fingerprint density at radius 1 is 1.56 bits per heavy atom. The SMILES string of the molecule is CC1CC2(CN1)CSC2. The van der Waals surface area contributed by atoms with Crippen LogP contribution in [0.5, 0.6) is 0 Å². The second-order valence-electron chi connectivity index (χ2n) is 3.48. The van der Waals surface area contributed by atoms with Gasteiger partial charge in [0.2, 0.25) is 0 Å². The van der Waals surface area contributed by atoms with E-state index >= 15 is 0 Å². The maximum Gasteiger partial charge on any atom is 0.00453 e. The second-order valence-corrected chi connectivity index (χ2v) is 4.46. The maximum absolute atomic E-state index is 3.50. The van der Waals surface area contributed by atoms with Crippen LogP contribution in [0.2, 0.25) is 0 Å². The minimum absolute atomic E-state index is 0.740. The molecule has 2 fully saturated rings. The van der Waals surface area contributed by atoms with Crippen LogP contribution < -0.4 is 5.32 Å². The van der Waals surface area contributed by atoms with Gasteiger partial charge in [-0.3, -0.25) is 0 Å². The standard InChI is InChI=1S/C7H13NS/c1-6-2-7(3-8-6)4-9-5-7/h6,8H,2-5H2,1H3. The Morgan fingerprint density at radius 3 is 2.56 bits per heavy atom. The number of nitrogens with one attached hydrogen (secondary N) is 1. The molecule has 2 aliphatic rings. The zero-order valence-corrected chi connectivity index (χ0v) is 6.63. The smallest absolute Gasteiger partial charge is 0.00453 e. The zero-order valence-electron chi connectivity index (χ0n) is 5.81. The van der Waals surface area contributed by atoms with E-state index in [1.165, 1.54) is 24.5 Å². The largest absolute Gasteiger partial charge is 0.314 e. The third kappa shape index (κ3) is 0.887. The van der Waals surface area contributed by atoms with E-state index in [0.29, 0.717) is 0 Å². The van der Waals surface area contributed by atoms with E-state index in [2.05, 4.69) is 24.0 Å². The highest BCUT2D eigenvalue weighted by Gasteiger charge is 2.42. The van der Waals surface area contributed by atoms with Crippen LogP contribution in [-0.4, -0.2) is 24.1 Å². The molecule has 2 heterocycles. The highest BCUT2D eigenvalue weighted by molar-refractivity contribution is 8.00. The zero-order chi connectivity index (χ0) is 6.32. The van der Waals surface area contributed by atoms with E-state index in [0.717, 1.165) is 11.5 Å². The van der Waals surface area contributed by atoms with Crippen molar-refractivity contribution in [1.82, 2.24) is 5.32 Å². The summed E-state index contributed by atoms with van der Waals surface area (Å²) in [6.45, 7) is 3.57. The summed E-state index contributed by atoms with van der Waals surface area (Å²) in [6, 6.07) is 0.783. The van der Waals surface area contributed by atoms with Crippen molar-refractivity contribution in [3.8, 4) is 0 Å². The molecular formula is C7H13NS. The third-order valence-corrected chi connectivity index (χ3v) is 4.01.